The Labute approximate surface area is 171 Å². The van der Waals surface area contributed by atoms with Crippen LogP contribution in [0.15, 0.2) is 0 Å². The van der Waals surface area contributed by atoms with E-state index in [1.165, 1.54) is 96.8 Å². The maximum Gasteiger partial charge on any atom is 0.00643 e. The van der Waals surface area contributed by atoms with Gasteiger partial charge in [-0.1, -0.05) is 46.0 Å². The first-order valence-electron chi connectivity index (χ1n) is 12.1. The summed E-state index contributed by atoms with van der Waals surface area (Å²) in [6.45, 7) is 14.2. The third-order valence-corrected chi connectivity index (χ3v) is 6.71. The maximum absolute atomic E-state index is 3.32. The fraction of sp³-hybridized carbons (Fsp3) is 1.00. The van der Waals surface area contributed by atoms with Crippen molar-refractivity contribution in [1.82, 2.24) is 15.5 Å². The molecule has 4 fully saturated rings. The maximum atomic E-state index is 3.32. The van der Waals surface area contributed by atoms with E-state index in [-0.39, 0.29) is 0 Å². The molecule has 1 saturated carbocycles. The van der Waals surface area contributed by atoms with Crippen molar-refractivity contribution in [3.63, 3.8) is 0 Å². The van der Waals surface area contributed by atoms with Gasteiger partial charge in [0, 0.05) is 12.1 Å². The second-order valence-corrected chi connectivity index (χ2v) is 9.64. The summed E-state index contributed by atoms with van der Waals surface area (Å²) >= 11 is 0. The second kappa shape index (κ2) is 15.8. The largest absolute Gasteiger partial charge is 0.317 e. The van der Waals surface area contributed by atoms with Crippen molar-refractivity contribution in [3.05, 3.63) is 0 Å². The Kier molecular flexibility index (Phi) is 14.5. The van der Waals surface area contributed by atoms with Gasteiger partial charge in [-0.15, -0.1) is 0 Å². The van der Waals surface area contributed by atoms with E-state index < -0.39 is 0 Å². The summed E-state index contributed by atoms with van der Waals surface area (Å²) in [6.07, 6.45) is 15.7. The topological polar surface area (TPSA) is 27.3 Å². The first-order valence-corrected chi connectivity index (χ1v) is 12.1. The van der Waals surface area contributed by atoms with E-state index in [1.807, 2.05) is 0 Å². The van der Waals surface area contributed by atoms with E-state index in [0.717, 1.165) is 23.9 Å². The fourth-order valence-electron chi connectivity index (χ4n) is 4.21. The van der Waals surface area contributed by atoms with Crippen LogP contribution < -0.4 is 10.6 Å². The van der Waals surface area contributed by atoms with Crippen LogP contribution in [0, 0.1) is 11.8 Å². The van der Waals surface area contributed by atoms with Gasteiger partial charge in [-0.3, -0.25) is 0 Å². The fourth-order valence-corrected chi connectivity index (χ4v) is 4.21. The molecule has 0 aromatic heterocycles. The third kappa shape index (κ3) is 13.7. The molecule has 3 nitrogen and oxygen atoms in total. The molecule has 3 saturated heterocycles. The summed E-state index contributed by atoms with van der Waals surface area (Å²) in [4.78, 5) is 2.40. The summed E-state index contributed by atoms with van der Waals surface area (Å²) < 4.78 is 0. The quantitative estimate of drug-likeness (QED) is 0.584. The van der Waals surface area contributed by atoms with Gasteiger partial charge in [0.05, 0.1) is 0 Å². The monoisotopic (exact) mass is 381 g/mol. The normalized spacial score (nSPS) is 29.7. The predicted octanol–water partition coefficient (Wildman–Crippen LogP) is 5.45. The van der Waals surface area contributed by atoms with Crippen LogP contribution in [0.5, 0.6) is 0 Å². The van der Waals surface area contributed by atoms with Gasteiger partial charge < -0.3 is 15.5 Å². The number of nitrogens with one attached hydrogen (secondary N) is 2. The van der Waals surface area contributed by atoms with Crippen LogP contribution in [0.2, 0.25) is 0 Å². The van der Waals surface area contributed by atoms with Crippen molar-refractivity contribution in [3.8, 4) is 0 Å². The standard InChI is InChI=1S/C7H14.2C6H13N.C5H11N/c1-7-5-3-2-4-6-7;1-6-4-3-5-7(6)2;1-6-2-4-7-5-3-6;1-5-3-2-4-6-5/h7H,2-6H2,1H3;6H,3-5H2,1-2H3;6-7H,2-5H2,1H3;5-6H,2-4H2,1H3. The highest BCUT2D eigenvalue weighted by Gasteiger charge is 2.14. The lowest BCUT2D eigenvalue weighted by molar-refractivity contribution is 0.331. The first kappa shape index (κ1) is 24.9. The van der Waals surface area contributed by atoms with E-state index >= 15 is 0 Å². The van der Waals surface area contributed by atoms with Gasteiger partial charge in [0.15, 0.2) is 0 Å². The number of rotatable bonds is 0. The Morgan fingerprint density at radius 2 is 1.26 bits per heavy atom. The molecule has 0 aromatic carbocycles. The Morgan fingerprint density at radius 3 is 1.48 bits per heavy atom. The lowest BCUT2D eigenvalue weighted by Gasteiger charge is -2.17. The van der Waals surface area contributed by atoms with E-state index in [9.17, 15) is 0 Å². The molecule has 4 rings (SSSR count). The van der Waals surface area contributed by atoms with Gasteiger partial charge in [-0.2, -0.15) is 0 Å². The van der Waals surface area contributed by atoms with E-state index in [1.54, 1.807) is 0 Å². The van der Waals surface area contributed by atoms with Crippen molar-refractivity contribution in [2.75, 3.05) is 33.2 Å². The Balaban J connectivity index is 0.000000180. The molecule has 162 valence electrons. The number of likely N-dealkylation sites (tertiary alicyclic amines) is 1. The van der Waals surface area contributed by atoms with Crippen LogP contribution in [0.4, 0.5) is 0 Å². The molecule has 2 atom stereocenters. The Morgan fingerprint density at radius 1 is 0.630 bits per heavy atom. The Hall–Kier alpha value is -0.120. The molecule has 2 N–H and O–H groups in total. The minimum absolute atomic E-state index is 0.796. The van der Waals surface area contributed by atoms with E-state index in [4.69, 9.17) is 0 Å². The zero-order valence-electron chi connectivity index (χ0n) is 19.4. The van der Waals surface area contributed by atoms with Crippen LogP contribution >= 0.6 is 0 Å². The van der Waals surface area contributed by atoms with Crippen molar-refractivity contribution in [2.24, 2.45) is 11.8 Å². The molecule has 3 heterocycles. The molecule has 0 aromatic rings. The first-order chi connectivity index (χ1) is 13.0. The molecule has 0 radical (unpaired) electrons. The molecule has 0 amide bonds. The van der Waals surface area contributed by atoms with Crippen molar-refractivity contribution in [1.29, 1.82) is 0 Å². The Bertz CT molecular complexity index is 292. The van der Waals surface area contributed by atoms with Gasteiger partial charge in [0.2, 0.25) is 0 Å². The second-order valence-electron chi connectivity index (χ2n) is 9.64. The minimum Gasteiger partial charge on any atom is -0.317 e. The van der Waals surface area contributed by atoms with Gasteiger partial charge in [0.1, 0.15) is 0 Å². The highest BCUT2D eigenvalue weighted by atomic mass is 15.1. The van der Waals surface area contributed by atoms with Crippen molar-refractivity contribution >= 4 is 0 Å². The van der Waals surface area contributed by atoms with Gasteiger partial charge in [-0.05, 0) is 97.4 Å². The van der Waals surface area contributed by atoms with Gasteiger partial charge >= 0.3 is 0 Å². The van der Waals surface area contributed by atoms with Crippen LogP contribution in [-0.2, 0) is 0 Å². The number of hydrogen-bond donors (Lipinski definition) is 2. The molecule has 27 heavy (non-hydrogen) atoms. The number of piperidine rings is 1. The molecule has 0 spiro atoms. The molecule has 2 unspecified atom stereocenters. The smallest absolute Gasteiger partial charge is 0.00643 e. The zero-order valence-corrected chi connectivity index (χ0v) is 19.4. The molecule has 3 aliphatic heterocycles. The highest BCUT2D eigenvalue weighted by Crippen LogP contribution is 2.22. The van der Waals surface area contributed by atoms with Gasteiger partial charge in [-0.25, -0.2) is 0 Å². The summed E-state index contributed by atoms with van der Waals surface area (Å²) in [5.41, 5.74) is 0. The third-order valence-electron chi connectivity index (χ3n) is 6.71. The van der Waals surface area contributed by atoms with Crippen LogP contribution in [0.1, 0.15) is 98.3 Å². The summed E-state index contributed by atoms with van der Waals surface area (Å²) in [6, 6.07) is 1.64. The lowest BCUT2D eigenvalue weighted by Crippen LogP contribution is -2.26. The van der Waals surface area contributed by atoms with Crippen LogP contribution in [-0.4, -0.2) is 50.2 Å². The molecule has 4 aliphatic rings. The van der Waals surface area contributed by atoms with Crippen LogP contribution in [0.25, 0.3) is 0 Å². The molecule has 1 aliphatic carbocycles. The summed E-state index contributed by atoms with van der Waals surface area (Å²) in [5, 5.41) is 6.63. The number of nitrogens with zero attached hydrogens (tertiary/aromatic N) is 1. The highest BCUT2D eigenvalue weighted by molar-refractivity contribution is 4.70. The predicted molar refractivity (Wildman–Crippen MR) is 122 cm³/mol. The summed E-state index contributed by atoms with van der Waals surface area (Å²) in [7, 11) is 2.19. The summed E-state index contributed by atoms with van der Waals surface area (Å²) in [5.74, 6) is 2.01. The lowest BCUT2D eigenvalue weighted by atomic mass is 9.91. The minimum atomic E-state index is 0.796. The molecule has 0 bridgehead atoms. The molecule has 3 heteroatoms. The van der Waals surface area contributed by atoms with Gasteiger partial charge in [0.25, 0.3) is 0 Å². The van der Waals surface area contributed by atoms with Crippen LogP contribution in [0.3, 0.4) is 0 Å². The average Bonchev–Trinajstić information content (AvgIpc) is 3.29. The number of hydrogen-bond acceptors (Lipinski definition) is 3. The van der Waals surface area contributed by atoms with Crippen molar-refractivity contribution in [2.45, 2.75) is 110 Å². The average molecular weight is 382 g/mol. The van der Waals surface area contributed by atoms with Crippen molar-refractivity contribution < 1.29 is 0 Å². The van der Waals surface area contributed by atoms with E-state index in [0.29, 0.717) is 0 Å². The SMILES string of the molecule is CC1CCCCC1.CC1CCCN1.CC1CCCN1C.CC1CCNCC1. The van der Waals surface area contributed by atoms with E-state index in [2.05, 4.69) is 50.3 Å². The zero-order chi connectivity index (χ0) is 19.9. The molecular formula is C24H51N3. The molecular weight excluding hydrogens is 330 g/mol.